The monoisotopic (exact) mass is 276 g/mol. The van der Waals surface area contributed by atoms with E-state index in [1.165, 1.54) is 6.07 Å². The van der Waals surface area contributed by atoms with Crippen molar-refractivity contribution in [3.8, 4) is 0 Å². The van der Waals surface area contributed by atoms with E-state index in [9.17, 15) is 9.18 Å². The van der Waals surface area contributed by atoms with Crippen LogP contribution in [0.4, 0.5) is 4.39 Å². The fourth-order valence-corrected chi connectivity index (χ4v) is 1.75. The highest BCUT2D eigenvalue weighted by molar-refractivity contribution is 7.80. The smallest absolute Gasteiger partial charge is 0.310 e. The number of ether oxygens (including phenoxy) is 1. The van der Waals surface area contributed by atoms with Crippen LogP contribution in [0.2, 0.25) is 0 Å². The lowest BCUT2D eigenvalue weighted by Crippen LogP contribution is -2.08. The zero-order valence-electron chi connectivity index (χ0n) is 10.2. The summed E-state index contributed by atoms with van der Waals surface area (Å²) in [6.07, 6.45) is 0.169. The number of rotatable bonds is 4. The Hall–Kier alpha value is -1.81. The van der Waals surface area contributed by atoms with Gasteiger partial charge in [-0.3, -0.25) is 4.79 Å². The fraction of sp³-hybridized carbons (Fsp3) is 0.133. The molecule has 0 spiro atoms. The highest BCUT2D eigenvalue weighted by Crippen LogP contribution is 2.11. The normalized spacial score (nSPS) is 10.2. The predicted octanol–water partition coefficient (Wildman–Crippen LogP) is 3.40. The van der Waals surface area contributed by atoms with E-state index in [1.807, 2.05) is 24.3 Å². The first-order valence-corrected chi connectivity index (χ1v) is 6.27. The Morgan fingerprint density at radius 1 is 1.11 bits per heavy atom. The zero-order chi connectivity index (χ0) is 13.7. The van der Waals surface area contributed by atoms with Gasteiger partial charge in [-0.2, -0.15) is 0 Å². The molecule has 0 N–H and O–H groups in total. The first-order valence-electron chi connectivity index (χ1n) is 5.82. The number of carbonyl (C=O) groups is 1. The minimum absolute atomic E-state index is 0.0455. The quantitative estimate of drug-likeness (QED) is 0.684. The Labute approximate surface area is 116 Å². The molecule has 2 rings (SSSR count). The van der Waals surface area contributed by atoms with Gasteiger partial charge in [0, 0.05) is 10.5 Å². The number of hydrogen-bond donors (Lipinski definition) is 1. The molecule has 2 aromatic carbocycles. The van der Waals surface area contributed by atoms with Crippen molar-refractivity contribution in [1.29, 1.82) is 0 Å². The Bertz CT molecular complexity index is 567. The van der Waals surface area contributed by atoms with Crippen LogP contribution in [0.1, 0.15) is 11.1 Å². The summed E-state index contributed by atoms with van der Waals surface area (Å²) in [5.74, 6) is -0.745. The molecule has 0 atom stereocenters. The summed E-state index contributed by atoms with van der Waals surface area (Å²) in [6.45, 7) is -0.0455. The summed E-state index contributed by atoms with van der Waals surface area (Å²) in [7, 11) is 0. The van der Waals surface area contributed by atoms with E-state index < -0.39 is 0 Å². The molecule has 0 aromatic heterocycles. The van der Waals surface area contributed by atoms with Crippen LogP contribution in [-0.4, -0.2) is 5.97 Å². The van der Waals surface area contributed by atoms with Crippen LogP contribution in [0.5, 0.6) is 0 Å². The topological polar surface area (TPSA) is 26.3 Å². The molecule has 0 amide bonds. The zero-order valence-corrected chi connectivity index (χ0v) is 11.1. The van der Waals surface area contributed by atoms with Gasteiger partial charge in [-0.25, -0.2) is 4.39 Å². The van der Waals surface area contributed by atoms with Crippen molar-refractivity contribution >= 4 is 18.6 Å². The van der Waals surface area contributed by atoms with Gasteiger partial charge in [-0.15, -0.1) is 12.6 Å². The van der Waals surface area contributed by atoms with Crippen LogP contribution in [0.15, 0.2) is 53.4 Å². The first-order chi connectivity index (χ1) is 9.15. The largest absolute Gasteiger partial charge is 0.460 e. The van der Waals surface area contributed by atoms with Crippen LogP contribution in [0, 0.1) is 5.82 Å². The van der Waals surface area contributed by atoms with Crippen LogP contribution in [0.3, 0.4) is 0 Å². The number of benzene rings is 2. The Balaban J connectivity index is 1.88. The maximum absolute atomic E-state index is 13.3. The van der Waals surface area contributed by atoms with E-state index in [2.05, 4.69) is 12.6 Å². The van der Waals surface area contributed by atoms with E-state index in [0.29, 0.717) is 5.56 Å². The maximum atomic E-state index is 13.3. The number of halogens is 1. The van der Waals surface area contributed by atoms with Gasteiger partial charge in [0.05, 0.1) is 6.42 Å². The minimum atomic E-state index is -0.379. The first kappa shape index (κ1) is 13.6. The average molecular weight is 276 g/mol. The number of hydrogen-bond acceptors (Lipinski definition) is 3. The molecular formula is C15H13FO2S. The molecule has 0 saturated heterocycles. The third-order valence-electron chi connectivity index (χ3n) is 2.63. The summed E-state index contributed by atoms with van der Waals surface area (Å²) in [6, 6.07) is 13.5. The predicted molar refractivity (Wildman–Crippen MR) is 73.6 cm³/mol. The molecule has 0 aliphatic rings. The van der Waals surface area contributed by atoms with Crippen molar-refractivity contribution in [2.75, 3.05) is 0 Å². The molecule has 0 aliphatic carbocycles. The van der Waals surface area contributed by atoms with Crippen molar-refractivity contribution in [3.05, 3.63) is 65.5 Å². The summed E-state index contributed by atoms with van der Waals surface area (Å²) in [5.41, 5.74) is 1.22. The standard InChI is InChI=1S/C15H13FO2S/c16-14-4-2-1-3-12(14)10-18-15(17)9-11-5-7-13(19)8-6-11/h1-8,19H,9-10H2. The molecule has 0 unspecified atom stereocenters. The van der Waals surface area contributed by atoms with Crippen LogP contribution < -0.4 is 0 Å². The molecule has 0 radical (unpaired) electrons. The van der Waals surface area contributed by atoms with E-state index in [4.69, 9.17) is 4.74 Å². The summed E-state index contributed by atoms with van der Waals surface area (Å²) in [5, 5.41) is 0. The molecule has 0 aliphatic heterocycles. The highest BCUT2D eigenvalue weighted by atomic mass is 32.1. The van der Waals surface area contributed by atoms with Crippen LogP contribution >= 0.6 is 12.6 Å². The molecular weight excluding hydrogens is 263 g/mol. The van der Waals surface area contributed by atoms with E-state index in [1.54, 1.807) is 18.2 Å². The van der Waals surface area contributed by atoms with Crippen molar-refractivity contribution < 1.29 is 13.9 Å². The molecule has 2 nitrogen and oxygen atoms in total. The van der Waals surface area contributed by atoms with E-state index >= 15 is 0 Å². The second kappa shape index (κ2) is 6.38. The molecule has 0 saturated carbocycles. The molecule has 98 valence electrons. The van der Waals surface area contributed by atoms with Gasteiger partial charge < -0.3 is 4.74 Å². The third kappa shape index (κ3) is 4.10. The van der Waals surface area contributed by atoms with Crippen molar-refractivity contribution in [2.45, 2.75) is 17.9 Å². The number of thiol groups is 1. The van der Waals surface area contributed by atoms with Gasteiger partial charge in [0.15, 0.2) is 0 Å². The van der Waals surface area contributed by atoms with Crippen LogP contribution in [-0.2, 0) is 22.6 Å². The molecule has 4 heteroatoms. The van der Waals surface area contributed by atoms with Crippen molar-refractivity contribution in [1.82, 2.24) is 0 Å². The lowest BCUT2D eigenvalue weighted by molar-refractivity contribution is -0.144. The van der Waals surface area contributed by atoms with Gasteiger partial charge in [0.1, 0.15) is 12.4 Å². The second-order valence-corrected chi connectivity index (χ2v) is 4.61. The lowest BCUT2D eigenvalue weighted by Gasteiger charge is -2.06. The lowest BCUT2D eigenvalue weighted by atomic mass is 10.1. The Kier molecular flexibility index (Phi) is 4.58. The molecule has 0 heterocycles. The summed E-state index contributed by atoms with van der Waals surface area (Å²) in [4.78, 5) is 12.5. The average Bonchev–Trinajstić information content (AvgIpc) is 2.40. The fourth-order valence-electron chi connectivity index (χ4n) is 1.61. The van der Waals surface area contributed by atoms with E-state index in [-0.39, 0.29) is 24.8 Å². The highest BCUT2D eigenvalue weighted by Gasteiger charge is 2.07. The van der Waals surface area contributed by atoms with Gasteiger partial charge in [0.2, 0.25) is 0 Å². The summed E-state index contributed by atoms with van der Waals surface area (Å²) < 4.78 is 18.4. The Morgan fingerprint density at radius 2 is 1.79 bits per heavy atom. The molecule has 19 heavy (non-hydrogen) atoms. The summed E-state index contributed by atoms with van der Waals surface area (Å²) >= 11 is 4.16. The van der Waals surface area contributed by atoms with E-state index in [0.717, 1.165) is 10.5 Å². The van der Waals surface area contributed by atoms with Crippen molar-refractivity contribution in [3.63, 3.8) is 0 Å². The molecule has 0 fully saturated rings. The minimum Gasteiger partial charge on any atom is -0.460 e. The van der Waals surface area contributed by atoms with Gasteiger partial charge in [0.25, 0.3) is 0 Å². The van der Waals surface area contributed by atoms with Gasteiger partial charge in [-0.1, -0.05) is 30.3 Å². The second-order valence-electron chi connectivity index (χ2n) is 4.10. The maximum Gasteiger partial charge on any atom is 0.310 e. The van der Waals surface area contributed by atoms with Gasteiger partial charge >= 0.3 is 5.97 Å². The Morgan fingerprint density at radius 3 is 2.47 bits per heavy atom. The van der Waals surface area contributed by atoms with Crippen molar-refractivity contribution in [2.24, 2.45) is 0 Å². The van der Waals surface area contributed by atoms with Gasteiger partial charge in [-0.05, 0) is 23.8 Å². The number of esters is 1. The molecule has 0 bridgehead atoms. The third-order valence-corrected chi connectivity index (χ3v) is 2.93. The number of carbonyl (C=O) groups excluding carboxylic acids is 1. The molecule has 2 aromatic rings. The van der Waals surface area contributed by atoms with Crippen LogP contribution in [0.25, 0.3) is 0 Å². The SMILES string of the molecule is O=C(Cc1ccc(S)cc1)OCc1ccccc1F.